The number of Topliss-reactive ketones (excluding diaryl/α,β-unsaturated/α-hetero) is 1. The molecule has 0 radical (unpaired) electrons. The van der Waals surface area contributed by atoms with Crippen molar-refractivity contribution in [2.45, 2.75) is 12.8 Å². The Labute approximate surface area is 86.3 Å². The zero-order valence-electron chi connectivity index (χ0n) is 7.46. The lowest BCUT2D eigenvalue weighted by Crippen LogP contribution is -2.03. The van der Waals surface area contributed by atoms with Gasteiger partial charge in [0, 0.05) is 18.1 Å². The average molecular weight is 217 g/mol. The number of aliphatic hydroxyl groups excluding tert-OH is 1. The fourth-order valence-electron chi connectivity index (χ4n) is 1.09. The molecule has 1 N–H and O–H groups in total. The number of benzene rings is 1. The smallest absolute Gasteiger partial charge is 0.165 e. The van der Waals surface area contributed by atoms with Crippen molar-refractivity contribution in [3.63, 3.8) is 0 Å². The van der Waals surface area contributed by atoms with Crippen molar-refractivity contribution in [1.29, 1.82) is 0 Å². The molecule has 0 heterocycles. The summed E-state index contributed by atoms with van der Waals surface area (Å²) in [5, 5.41) is 8.85. The number of hydrogen-bond donors (Lipinski definition) is 1. The van der Waals surface area contributed by atoms with Gasteiger partial charge in [-0.1, -0.05) is 11.6 Å². The Balaban J connectivity index is 2.83. The van der Waals surface area contributed by atoms with Crippen molar-refractivity contribution in [2.75, 3.05) is 6.61 Å². The van der Waals surface area contributed by atoms with E-state index in [4.69, 9.17) is 16.7 Å². The molecule has 0 bridgehead atoms. The van der Waals surface area contributed by atoms with Gasteiger partial charge in [-0.25, -0.2) is 4.39 Å². The Morgan fingerprint density at radius 2 is 2.21 bits per heavy atom. The standard InChI is InChI=1S/C10H10ClFO2/c11-7-3-4-9(12)8(6-7)10(14)2-1-5-13/h3-4,6,13H,1-2,5H2. The number of aliphatic hydroxyl groups is 1. The second-order valence-corrected chi connectivity index (χ2v) is 3.31. The molecule has 0 aromatic heterocycles. The van der Waals surface area contributed by atoms with Crippen LogP contribution >= 0.6 is 11.6 Å². The summed E-state index contributed by atoms with van der Waals surface area (Å²) >= 11 is 5.63. The van der Waals surface area contributed by atoms with Gasteiger partial charge < -0.3 is 5.11 Å². The Bertz CT molecular complexity index is 339. The minimum absolute atomic E-state index is 0.00838. The van der Waals surface area contributed by atoms with E-state index in [0.29, 0.717) is 11.4 Å². The van der Waals surface area contributed by atoms with E-state index in [1.807, 2.05) is 0 Å². The van der Waals surface area contributed by atoms with E-state index in [9.17, 15) is 9.18 Å². The van der Waals surface area contributed by atoms with Crippen molar-refractivity contribution >= 4 is 17.4 Å². The molecule has 0 fully saturated rings. The highest BCUT2D eigenvalue weighted by Crippen LogP contribution is 2.16. The molecule has 2 nitrogen and oxygen atoms in total. The lowest BCUT2D eigenvalue weighted by atomic mass is 10.1. The van der Waals surface area contributed by atoms with Crippen molar-refractivity contribution < 1.29 is 14.3 Å². The number of halogens is 2. The molecule has 1 rings (SSSR count). The lowest BCUT2D eigenvalue weighted by Gasteiger charge is -2.01. The van der Waals surface area contributed by atoms with E-state index in [-0.39, 0.29) is 24.4 Å². The van der Waals surface area contributed by atoms with Gasteiger partial charge in [-0.15, -0.1) is 0 Å². The summed E-state index contributed by atoms with van der Waals surface area (Å²) in [4.78, 5) is 11.4. The van der Waals surface area contributed by atoms with Gasteiger partial charge in [0.25, 0.3) is 0 Å². The van der Waals surface area contributed by atoms with Crippen LogP contribution < -0.4 is 0 Å². The molecule has 1 aromatic rings. The summed E-state index contributed by atoms with van der Waals surface area (Å²) in [6.45, 7) is -0.0755. The molecule has 0 atom stereocenters. The van der Waals surface area contributed by atoms with Gasteiger partial charge in [0.05, 0.1) is 5.56 Å². The maximum Gasteiger partial charge on any atom is 0.165 e. The highest BCUT2D eigenvalue weighted by Gasteiger charge is 2.11. The predicted octanol–water partition coefficient (Wildman–Crippen LogP) is 2.43. The first-order valence-corrected chi connectivity index (χ1v) is 4.62. The van der Waals surface area contributed by atoms with E-state index in [1.54, 1.807) is 0 Å². The van der Waals surface area contributed by atoms with E-state index in [0.717, 1.165) is 6.07 Å². The first-order chi connectivity index (χ1) is 6.65. The summed E-state index contributed by atoms with van der Waals surface area (Å²) in [6.07, 6.45) is 0.471. The zero-order valence-corrected chi connectivity index (χ0v) is 8.22. The van der Waals surface area contributed by atoms with Gasteiger partial charge in [-0.2, -0.15) is 0 Å². The lowest BCUT2D eigenvalue weighted by molar-refractivity contribution is 0.0967. The maximum atomic E-state index is 13.1. The normalized spacial score (nSPS) is 10.2. The van der Waals surface area contributed by atoms with Crippen LogP contribution in [0.15, 0.2) is 18.2 Å². The second kappa shape index (κ2) is 5.08. The molecule has 0 aliphatic heterocycles. The molecular formula is C10H10ClFO2. The summed E-state index contributed by atoms with van der Waals surface area (Å²) in [5.74, 6) is -0.906. The largest absolute Gasteiger partial charge is 0.396 e. The van der Waals surface area contributed by atoms with Crippen LogP contribution in [-0.2, 0) is 0 Å². The Morgan fingerprint density at radius 3 is 2.86 bits per heavy atom. The van der Waals surface area contributed by atoms with Crippen LogP contribution in [0.25, 0.3) is 0 Å². The maximum absolute atomic E-state index is 13.1. The van der Waals surface area contributed by atoms with Crippen LogP contribution in [0.4, 0.5) is 4.39 Å². The Morgan fingerprint density at radius 1 is 1.50 bits per heavy atom. The minimum Gasteiger partial charge on any atom is -0.396 e. The summed E-state index contributed by atoms with van der Waals surface area (Å²) < 4.78 is 13.1. The topological polar surface area (TPSA) is 37.3 Å². The number of carbonyl (C=O) groups excluding carboxylic acids is 1. The predicted molar refractivity (Wildman–Crippen MR) is 52.1 cm³/mol. The monoisotopic (exact) mass is 216 g/mol. The van der Waals surface area contributed by atoms with Gasteiger partial charge in [-0.05, 0) is 24.6 Å². The molecule has 4 heteroatoms. The SMILES string of the molecule is O=C(CCCO)c1cc(Cl)ccc1F. The third-order valence-corrected chi connectivity index (χ3v) is 2.03. The highest BCUT2D eigenvalue weighted by atomic mass is 35.5. The van der Waals surface area contributed by atoms with Crippen molar-refractivity contribution in [2.24, 2.45) is 0 Å². The highest BCUT2D eigenvalue weighted by molar-refractivity contribution is 6.31. The molecule has 1 aromatic carbocycles. The van der Waals surface area contributed by atoms with Crippen LogP contribution in [0, 0.1) is 5.82 Å². The van der Waals surface area contributed by atoms with E-state index < -0.39 is 5.82 Å². The van der Waals surface area contributed by atoms with Crippen LogP contribution in [0.5, 0.6) is 0 Å². The first-order valence-electron chi connectivity index (χ1n) is 4.24. The van der Waals surface area contributed by atoms with E-state index in [2.05, 4.69) is 0 Å². The summed E-state index contributed by atoms with van der Waals surface area (Å²) in [5.41, 5.74) is -0.00838. The second-order valence-electron chi connectivity index (χ2n) is 2.87. The number of carbonyl (C=O) groups is 1. The van der Waals surface area contributed by atoms with Crippen LogP contribution in [0.2, 0.25) is 5.02 Å². The van der Waals surface area contributed by atoms with Gasteiger partial charge >= 0.3 is 0 Å². The summed E-state index contributed by atoms with van der Waals surface area (Å²) in [7, 11) is 0. The van der Waals surface area contributed by atoms with Gasteiger partial charge in [0.15, 0.2) is 5.78 Å². The third kappa shape index (κ3) is 2.79. The fraction of sp³-hybridized carbons (Fsp3) is 0.300. The third-order valence-electron chi connectivity index (χ3n) is 1.79. The fourth-order valence-corrected chi connectivity index (χ4v) is 1.26. The minimum atomic E-state index is -0.572. The Hall–Kier alpha value is -0.930. The molecule has 0 aliphatic carbocycles. The number of hydrogen-bond acceptors (Lipinski definition) is 2. The molecule has 0 spiro atoms. The molecule has 0 unspecified atom stereocenters. The van der Waals surface area contributed by atoms with Gasteiger partial charge in [0.1, 0.15) is 5.82 Å². The molecule has 0 aliphatic rings. The van der Waals surface area contributed by atoms with E-state index >= 15 is 0 Å². The molecule has 76 valence electrons. The number of rotatable bonds is 4. The van der Waals surface area contributed by atoms with Crippen molar-refractivity contribution in [3.8, 4) is 0 Å². The van der Waals surface area contributed by atoms with Crippen LogP contribution in [-0.4, -0.2) is 17.5 Å². The van der Waals surface area contributed by atoms with Crippen molar-refractivity contribution in [1.82, 2.24) is 0 Å². The molecule has 0 amide bonds. The van der Waals surface area contributed by atoms with E-state index in [1.165, 1.54) is 12.1 Å². The zero-order chi connectivity index (χ0) is 10.6. The molecular weight excluding hydrogens is 207 g/mol. The van der Waals surface area contributed by atoms with Gasteiger partial charge in [0.2, 0.25) is 0 Å². The quantitative estimate of drug-likeness (QED) is 0.785. The van der Waals surface area contributed by atoms with Crippen LogP contribution in [0.1, 0.15) is 23.2 Å². The number of ketones is 1. The Kier molecular flexibility index (Phi) is 4.04. The molecule has 14 heavy (non-hydrogen) atoms. The summed E-state index contributed by atoms with van der Waals surface area (Å²) in [6, 6.07) is 3.85. The average Bonchev–Trinajstić information content (AvgIpc) is 2.18. The van der Waals surface area contributed by atoms with Gasteiger partial charge in [-0.3, -0.25) is 4.79 Å². The van der Waals surface area contributed by atoms with Crippen LogP contribution in [0.3, 0.4) is 0 Å². The molecule has 0 saturated carbocycles. The molecule has 0 saturated heterocycles. The first kappa shape index (κ1) is 11.1. The van der Waals surface area contributed by atoms with Crippen molar-refractivity contribution in [3.05, 3.63) is 34.6 Å².